The molecule has 82 valence electrons. The number of anilines is 2. The molecule has 4 nitrogen and oxygen atoms in total. The third kappa shape index (κ3) is 3.16. The highest BCUT2D eigenvalue weighted by Gasteiger charge is 2.01. The number of rotatable bonds is 3. The second-order valence-electron chi connectivity index (χ2n) is 3.96. The van der Waals surface area contributed by atoms with Gasteiger partial charge in [0.15, 0.2) is 0 Å². The molecule has 0 unspecified atom stereocenters. The fraction of sp³-hybridized carbons (Fsp3) is 0.364. The molecule has 1 aromatic rings. The van der Waals surface area contributed by atoms with Crippen molar-refractivity contribution in [3.05, 3.63) is 23.8 Å². The van der Waals surface area contributed by atoms with Crippen molar-refractivity contribution < 1.29 is 0 Å². The van der Waals surface area contributed by atoms with Crippen LogP contribution in [0.15, 0.2) is 23.2 Å². The van der Waals surface area contributed by atoms with E-state index < -0.39 is 0 Å². The van der Waals surface area contributed by atoms with E-state index in [-0.39, 0.29) is 0 Å². The second kappa shape index (κ2) is 4.68. The van der Waals surface area contributed by atoms with Crippen LogP contribution in [0.2, 0.25) is 0 Å². The van der Waals surface area contributed by atoms with Gasteiger partial charge in [0.25, 0.3) is 0 Å². The van der Waals surface area contributed by atoms with Gasteiger partial charge in [0.1, 0.15) is 5.84 Å². The van der Waals surface area contributed by atoms with Crippen LogP contribution in [-0.2, 0) is 0 Å². The summed E-state index contributed by atoms with van der Waals surface area (Å²) in [6, 6.07) is 5.31. The summed E-state index contributed by atoms with van der Waals surface area (Å²) in [4.78, 5) is 4.26. The maximum absolute atomic E-state index is 5.82. The van der Waals surface area contributed by atoms with Gasteiger partial charge in [-0.15, -0.1) is 0 Å². The highest BCUT2D eigenvalue weighted by atomic mass is 14.9. The predicted octanol–water partition coefficient (Wildman–Crippen LogP) is 1.21. The smallest absolute Gasteiger partial charge is 0.125 e. The van der Waals surface area contributed by atoms with Crippen molar-refractivity contribution in [2.75, 3.05) is 18.0 Å². The number of benzene rings is 1. The molecule has 0 radical (unpaired) electrons. The molecule has 0 aromatic heterocycles. The lowest BCUT2D eigenvalue weighted by Gasteiger charge is -2.05. The molecule has 0 saturated heterocycles. The zero-order chi connectivity index (χ0) is 11.4. The third-order valence-corrected chi connectivity index (χ3v) is 2.01. The van der Waals surface area contributed by atoms with Crippen molar-refractivity contribution in [2.24, 2.45) is 16.6 Å². The summed E-state index contributed by atoms with van der Waals surface area (Å²) in [5.41, 5.74) is 19.0. The highest BCUT2D eigenvalue weighted by Crippen LogP contribution is 2.15. The Labute approximate surface area is 90.2 Å². The highest BCUT2D eigenvalue weighted by molar-refractivity contribution is 5.98. The van der Waals surface area contributed by atoms with Gasteiger partial charge in [-0.2, -0.15) is 0 Å². The molecule has 15 heavy (non-hydrogen) atoms. The van der Waals surface area contributed by atoms with Crippen molar-refractivity contribution >= 4 is 17.2 Å². The minimum absolute atomic E-state index is 0.495. The molecule has 0 aliphatic carbocycles. The molecule has 0 atom stereocenters. The van der Waals surface area contributed by atoms with Gasteiger partial charge >= 0.3 is 0 Å². The fourth-order valence-corrected chi connectivity index (χ4v) is 1.11. The van der Waals surface area contributed by atoms with E-state index in [1.807, 2.05) is 6.07 Å². The summed E-state index contributed by atoms with van der Waals surface area (Å²) in [6.45, 7) is 4.90. The molecule has 0 aliphatic rings. The largest absolute Gasteiger partial charge is 0.397 e. The van der Waals surface area contributed by atoms with Crippen LogP contribution >= 0.6 is 0 Å². The average molecular weight is 206 g/mol. The molecule has 0 bridgehead atoms. The predicted molar refractivity (Wildman–Crippen MR) is 65.7 cm³/mol. The molecule has 1 rings (SSSR count). The number of hydrogen-bond donors (Lipinski definition) is 3. The van der Waals surface area contributed by atoms with Crippen molar-refractivity contribution in [1.29, 1.82) is 0 Å². The lowest BCUT2D eigenvalue weighted by atomic mass is 10.1. The second-order valence-corrected chi connectivity index (χ2v) is 3.96. The molecule has 4 heteroatoms. The quantitative estimate of drug-likeness (QED) is 0.394. The fourth-order valence-electron chi connectivity index (χ4n) is 1.11. The molecule has 0 saturated carbocycles. The normalized spacial score (nSPS) is 12.1. The topological polar surface area (TPSA) is 90.4 Å². The lowest BCUT2D eigenvalue weighted by Crippen LogP contribution is -2.15. The van der Waals surface area contributed by atoms with E-state index in [9.17, 15) is 0 Å². The summed E-state index contributed by atoms with van der Waals surface area (Å²) in [7, 11) is 0. The van der Waals surface area contributed by atoms with Crippen LogP contribution in [-0.4, -0.2) is 12.4 Å². The van der Waals surface area contributed by atoms with Gasteiger partial charge in [-0.3, -0.25) is 4.99 Å². The first-order valence-corrected chi connectivity index (χ1v) is 4.96. The zero-order valence-electron chi connectivity index (χ0n) is 9.20. The van der Waals surface area contributed by atoms with E-state index in [0.29, 0.717) is 23.1 Å². The van der Waals surface area contributed by atoms with Gasteiger partial charge in [0, 0.05) is 12.1 Å². The van der Waals surface area contributed by atoms with E-state index in [0.717, 1.165) is 12.1 Å². The van der Waals surface area contributed by atoms with E-state index in [1.54, 1.807) is 12.1 Å². The van der Waals surface area contributed by atoms with Crippen LogP contribution in [0.4, 0.5) is 11.4 Å². The van der Waals surface area contributed by atoms with Crippen LogP contribution < -0.4 is 17.2 Å². The Morgan fingerprint density at radius 1 is 1.27 bits per heavy atom. The number of hydrogen-bond acceptors (Lipinski definition) is 3. The van der Waals surface area contributed by atoms with Crippen LogP contribution in [0.5, 0.6) is 0 Å². The van der Waals surface area contributed by atoms with Crippen LogP contribution in [0.3, 0.4) is 0 Å². The van der Waals surface area contributed by atoms with Crippen LogP contribution in [0.25, 0.3) is 0 Å². The summed E-state index contributed by atoms with van der Waals surface area (Å²) >= 11 is 0. The van der Waals surface area contributed by atoms with E-state index in [4.69, 9.17) is 17.2 Å². The first-order valence-electron chi connectivity index (χ1n) is 4.96. The number of nitrogens with two attached hydrogens (primary N) is 3. The molecule has 0 amide bonds. The molecule has 6 N–H and O–H groups in total. The number of aliphatic imine (C=N–C) groups is 1. The molecule has 0 aliphatic heterocycles. The minimum Gasteiger partial charge on any atom is -0.397 e. The first kappa shape index (κ1) is 11.4. The van der Waals surface area contributed by atoms with Crippen molar-refractivity contribution in [3.8, 4) is 0 Å². The summed E-state index contributed by atoms with van der Waals surface area (Å²) in [5, 5.41) is 0. The van der Waals surface area contributed by atoms with Crippen LogP contribution in [0, 0.1) is 5.92 Å². The minimum atomic E-state index is 0.495. The van der Waals surface area contributed by atoms with Gasteiger partial charge in [0.05, 0.1) is 11.4 Å². The zero-order valence-corrected chi connectivity index (χ0v) is 9.20. The number of amidine groups is 1. The summed E-state index contributed by atoms with van der Waals surface area (Å²) in [5.74, 6) is 1.00. The lowest BCUT2D eigenvalue weighted by molar-refractivity contribution is 0.665. The average Bonchev–Trinajstić information content (AvgIpc) is 2.18. The van der Waals surface area contributed by atoms with Gasteiger partial charge < -0.3 is 17.2 Å². The number of nitrogen functional groups attached to an aromatic ring is 2. The van der Waals surface area contributed by atoms with Gasteiger partial charge in [-0.05, 0) is 24.1 Å². The van der Waals surface area contributed by atoms with Gasteiger partial charge in [-0.25, -0.2) is 0 Å². The molecule has 1 aromatic carbocycles. The van der Waals surface area contributed by atoms with Crippen LogP contribution in [0.1, 0.15) is 19.4 Å². The first-order chi connectivity index (χ1) is 7.00. The Balaban J connectivity index is 2.87. The van der Waals surface area contributed by atoms with Gasteiger partial charge in [-0.1, -0.05) is 13.8 Å². The Morgan fingerprint density at radius 3 is 2.47 bits per heavy atom. The van der Waals surface area contributed by atoms with Crippen molar-refractivity contribution in [1.82, 2.24) is 0 Å². The monoisotopic (exact) mass is 206 g/mol. The number of nitrogens with zero attached hydrogens (tertiary/aromatic N) is 1. The SMILES string of the molecule is CC(C)CN=C(N)c1ccc(N)c(N)c1. The Hall–Kier alpha value is -1.71. The molecule has 0 heterocycles. The molecule has 0 spiro atoms. The van der Waals surface area contributed by atoms with E-state index in [1.165, 1.54) is 0 Å². The molecule has 0 fully saturated rings. The van der Waals surface area contributed by atoms with E-state index >= 15 is 0 Å². The summed E-state index contributed by atoms with van der Waals surface area (Å²) < 4.78 is 0. The van der Waals surface area contributed by atoms with E-state index in [2.05, 4.69) is 18.8 Å². The Morgan fingerprint density at radius 2 is 1.93 bits per heavy atom. The van der Waals surface area contributed by atoms with Crippen molar-refractivity contribution in [3.63, 3.8) is 0 Å². The standard InChI is InChI=1S/C11H18N4/c1-7(2)6-15-11(14)8-3-4-9(12)10(13)5-8/h3-5,7H,6,12-13H2,1-2H3,(H2,14,15). The Kier molecular flexibility index (Phi) is 3.55. The van der Waals surface area contributed by atoms with Crippen molar-refractivity contribution in [2.45, 2.75) is 13.8 Å². The molecular weight excluding hydrogens is 188 g/mol. The maximum Gasteiger partial charge on any atom is 0.125 e. The summed E-state index contributed by atoms with van der Waals surface area (Å²) in [6.07, 6.45) is 0. The third-order valence-electron chi connectivity index (χ3n) is 2.01. The Bertz CT molecular complexity index is 369. The van der Waals surface area contributed by atoms with Gasteiger partial charge in [0.2, 0.25) is 0 Å². The molecular formula is C11H18N4. The maximum atomic E-state index is 5.82.